The number of allylic oxidation sites excluding steroid dienone is 2. The Morgan fingerprint density at radius 1 is 0.567 bits per heavy atom. The van der Waals surface area contributed by atoms with Gasteiger partial charge in [0, 0.05) is 28.1 Å². The second kappa shape index (κ2) is 17.6. The van der Waals surface area contributed by atoms with E-state index in [-0.39, 0.29) is 0 Å². The first-order chi connectivity index (χ1) is 29.4. The van der Waals surface area contributed by atoms with Crippen LogP contribution in [0.3, 0.4) is 0 Å². The van der Waals surface area contributed by atoms with E-state index in [0.717, 1.165) is 71.7 Å². The van der Waals surface area contributed by atoms with Crippen molar-refractivity contribution in [2.45, 2.75) is 27.7 Å². The van der Waals surface area contributed by atoms with Crippen molar-refractivity contribution in [2.24, 2.45) is 4.99 Å². The Morgan fingerprint density at radius 2 is 1.23 bits per heavy atom. The zero-order valence-electron chi connectivity index (χ0n) is 34.8. The number of aromatic nitrogens is 1. The molecule has 0 radical (unpaired) electrons. The van der Waals surface area contributed by atoms with Crippen LogP contribution in [0, 0.1) is 6.92 Å². The first kappa shape index (κ1) is 39.4. The summed E-state index contributed by atoms with van der Waals surface area (Å²) in [5, 5.41) is 8.01. The SMILES string of the molecule is C=C/C=C\c1c(C)cccc1-c1cc(-c2ccc(/C(N=C(C)c3ccc4c(ccc5ccccc54)c3)=c3\ccccc3=C)cc2)cc(-c2cccc3ncccc23)c1.CC. The molecule has 1 aromatic heterocycles. The van der Waals surface area contributed by atoms with E-state index in [1.807, 2.05) is 44.3 Å². The van der Waals surface area contributed by atoms with Crippen LogP contribution in [0.4, 0.5) is 0 Å². The van der Waals surface area contributed by atoms with E-state index in [2.05, 4.69) is 196 Å². The number of pyridine rings is 1. The highest BCUT2D eigenvalue weighted by Crippen LogP contribution is 2.38. The normalized spacial score (nSPS) is 12.1. The van der Waals surface area contributed by atoms with E-state index in [9.17, 15) is 0 Å². The van der Waals surface area contributed by atoms with Crippen molar-refractivity contribution in [3.05, 3.63) is 227 Å². The minimum Gasteiger partial charge on any atom is -0.256 e. The predicted octanol–water partition coefficient (Wildman–Crippen LogP) is 14.2. The summed E-state index contributed by atoms with van der Waals surface area (Å²) in [5.74, 6) is 0. The Balaban J connectivity index is 0.00000246. The molecular weight excluding hydrogens is 725 g/mol. The minimum atomic E-state index is 0.893. The number of benzene rings is 8. The lowest BCUT2D eigenvalue weighted by molar-refractivity contribution is 1.39. The van der Waals surface area contributed by atoms with Gasteiger partial charge in [-0.05, 0) is 127 Å². The Labute approximate surface area is 353 Å². The van der Waals surface area contributed by atoms with Crippen LogP contribution in [0.5, 0.6) is 0 Å². The van der Waals surface area contributed by atoms with Crippen LogP contribution in [0.1, 0.15) is 43.0 Å². The molecule has 2 heteroatoms. The number of nitrogens with zero attached hydrogens (tertiary/aromatic N) is 2. The predicted molar refractivity (Wildman–Crippen MR) is 261 cm³/mol. The van der Waals surface area contributed by atoms with Gasteiger partial charge in [0.1, 0.15) is 0 Å². The number of hydrogen-bond acceptors (Lipinski definition) is 2. The molecule has 1 heterocycles. The van der Waals surface area contributed by atoms with Gasteiger partial charge in [0.25, 0.3) is 0 Å². The maximum Gasteiger partial charge on any atom is 0.0783 e. The van der Waals surface area contributed by atoms with Crippen LogP contribution in [-0.2, 0) is 0 Å². The number of aliphatic imine (C=N–C) groups is 1. The molecule has 0 amide bonds. The molecule has 0 saturated carbocycles. The highest BCUT2D eigenvalue weighted by Gasteiger charge is 2.14. The van der Waals surface area contributed by atoms with Crippen LogP contribution >= 0.6 is 0 Å². The molecule has 0 aliphatic heterocycles. The quantitative estimate of drug-likeness (QED) is 0.0858. The van der Waals surface area contributed by atoms with E-state index in [1.165, 1.54) is 38.2 Å². The molecule has 9 rings (SSSR count). The lowest BCUT2D eigenvalue weighted by Crippen LogP contribution is -2.25. The van der Waals surface area contributed by atoms with Gasteiger partial charge in [-0.3, -0.25) is 9.98 Å². The second-order valence-corrected chi connectivity index (χ2v) is 14.8. The summed E-state index contributed by atoms with van der Waals surface area (Å²) in [5.41, 5.74) is 14.2. The first-order valence-electron chi connectivity index (χ1n) is 20.7. The van der Waals surface area contributed by atoms with Crippen LogP contribution in [0.25, 0.3) is 84.2 Å². The van der Waals surface area contributed by atoms with E-state index in [1.54, 1.807) is 0 Å². The molecule has 0 saturated heterocycles. The molecule has 8 aromatic carbocycles. The third-order valence-corrected chi connectivity index (χ3v) is 11.1. The Kier molecular flexibility index (Phi) is 11.6. The van der Waals surface area contributed by atoms with Gasteiger partial charge in [0.15, 0.2) is 0 Å². The molecule has 2 nitrogen and oxygen atoms in total. The van der Waals surface area contributed by atoms with Crippen molar-refractivity contribution in [3.63, 3.8) is 0 Å². The van der Waals surface area contributed by atoms with E-state index in [4.69, 9.17) is 4.99 Å². The fourth-order valence-electron chi connectivity index (χ4n) is 8.10. The molecule has 0 aliphatic rings. The van der Waals surface area contributed by atoms with E-state index in [0.29, 0.717) is 0 Å². The average molecular weight is 773 g/mol. The molecule has 0 spiro atoms. The van der Waals surface area contributed by atoms with Crippen molar-refractivity contribution in [1.29, 1.82) is 0 Å². The highest BCUT2D eigenvalue weighted by atomic mass is 14.8. The summed E-state index contributed by atoms with van der Waals surface area (Å²) in [6, 6.07) is 60.7. The highest BCUT2D eigenvalue weighted by molar-refractivity contribution is 6.11. The number of aryl methyl sites for hydroxylation is 1. The van der Waals surface area contributed by atoms with Crippen molar-refractivity contribution in [1.82, 2.24) is 4.98 Å². The molecule has 0 bridgehead atoms. The van der Waals surface area contributed by atoms with Crippen LogP contribution in [-0.4, -0.2) is 10.7 Å². The van der Waals surface area contributed by atoms with Crippen LogP contribution < -0.4 is 10.4 Å². The molecule has 9 aromatic rings. The maximum atomic E-state index is 5.37. The maximum absolute atomic E-state index is 5.37. The third-order valence-electron chi connectivity index (χ3n) is 11.1. The number of fused-ring (bicyclic) bond motifs is 4. The minimum absolute atomic E-state index is 0.893. The van der Waals surface area contributed by atoms with E-state index >= 15 is 0 Å². The summed E-state index contributed by atoms with van der Waals surface area (Å²) < 4.78 is 0. The Hall–Kier alpha value is -7.42. The zero-order chi connectivity index (χ0) is 41.6. The summed E-state index contributed by atoms with van der Waals surface area (Å²) in [6.45, 7) is 16.6. The van der Waals surface area contributed by atoms with Gasteiger partial charge >= 0.3 is 0 Å². The summed E-state index contributed by atoms with van der Waals surface area (Å²) >= 11 is 0. The molecule has 290 valence electrons. The molecule has 0 N–H and O–H groups in total. The molecule has 0 unspecified atom stereocenters. The molecule has 0 atom stereocenters. The topological polar surface area (TPSA) is 25.2 Å². The van der Waals surface area contributed by atoms with Gasteiger partial charge in [-0.15, -0.1) is 0 Å². The standard InChI is InChI=1S/C56H42N2.C2H6/c1-5-6-17-48-37(2)15-11-20-51(48)46-34-45(35-47(36-46)52-21-12-23-55-54(52)22-13-32-57-55)40-24-27-42(28-25-40)56(49-18-9-7-14-38(49)3)58-39(4)43-30-31-53-44(33-43)29-26-41-16-8-10-19-50(41)53;1-2/h5-36H,1,3H2,2,4H3;1-2H3/b17-6-,56-49-,58-39?;. The van der Waals surface area contributed by atoms with E-state index < -0.39 is 0 Å². The van der Waals surface area contributed by atoms with Crippen molar-refractivity contribution >= 4 is 56.5 Å². The number of rotatable bonds is 8. The fraction of sp³-hybridized carbons (Fsp3) is 0.0690. The molecular formula is C58H48N2. The fourth-order valence-corrected chi connectivity index (χ4v) is 8.10. The summed E-state index contributed by atoms with van der Waals surface area (Å²) in [7, 11) is 0. The Bertz CT molecular complexity index is 3210. The summed E-state index contributed by atoms with van der Waals surface area (Å²) in [6.07, 6.45) is 7.85. The van der Waals surface area contributed by atoms with Gasteiger partial charge < -0.3 is 0 Å². The lowest BCUT2D eigenvalue weighted by atomic mass is 9.89. The average Bonchev–Trinajstić information content (AvgIpc) is 3.30. The molecule has 60 heavy (non-hydrogen) atoms. The summed E-state index contributed by atoms with van der Waals surface area (Å²) in [4.78, 5) is 10.0. The van der Waals surface area contributed by atoms with Gasteiger partial charge in [0.2, 0.25) is 0 Å². The smallest absolute Gasteiger partial charge is 0.0783 e. The third kappa shape index (κ3) is 7.88. The zero-order valence-corrected chi connectivity index (χ0v) is 34.8. The monoisotopic (exact) mass is 772 g/mol. The lowest BCUT2D eigenvalue weighted by Gasteiger charge is -2.16. The van der Waals surface area contributed by atoms with Gasteiger partial charge in [0.05, 0.1) is 11.2 Å². The van der Waals surface area contributed by atoms with Crippen molar-refractivity contribution in [2.75, 3.05) is 0 Å². The van der Waals surface area contributed by atoms with Gasteiger partial charge in [-0.2, -0.15) is 0 Å². The largest absolute Gasteiger partial charge is 0.256 e. The van der Waals surface area contributed by atoms with Gasteiger partial charge in [-0.1, -0.05) is 179 Å². The Morgan fingerprint density at radius 3 is 2.05 bits per heavy atom. The molecule has 0 aliphatic carbocycles. The van der Waals surface area contributed by atoms with Crippen LogP contribution in [0.2, 0.25) is 0 Å². The van der Waals surface area contributed by atoms with Crippen LogP contribution in [0.15, 0.2) is 200 Å². The second-order valence-electron chi connectivity index (χ2n) is 14.8. The number of hydrogen-bond donors (Lipinski definition) is 0. The first-order valence-corrected chi connectivity index (χ1v) is 20.7. The molecule has 0 fully saturated rings. The van der Waals surface area contributed by atoms with Gasteiger partial charge in [-0.25, -0.2) is 0 Å². The van der Waals surface area contributed by atoms with Crippen molar-refractivity contribution < 1.29 is 0 Å². The van der Waals surface area contributed by atoms with Crippen molar-refractivity contribution in [3.8, 4) is 33.4 Å².